The zero-order valence-corrected chi connectivity index (χ0v) is 16.0. The normalized spacial score (nSPS) is 10.7. The van der Waals surface area contributed by atoms with Crippen LogP contribution in [0.3, 0.4) is 0 Å². The van der Waals surface area contributed by atoms with E-state index in [1.54, 1.807) is 0 Å². The molecule has 2 aromatic carbocycles. The van der Waals surface area contributed by atoms with Crippen LogP contribution in [0.1, 0.15) is 11.1 Å². The van der Waals surface area contributed by atoms with Crippen molar-refractivity contribution in [3.8, 4) is 0 Å². The molecule has 0 unspecified atom stereocenters. The summed E-state index contributed by atoms with van der Waals surface area (Å²) in [5.41, 5.74) is 6.42. The topological polar surface area (TPSA) is 110 Å². The van der Waals surface area contributed by atoms with Crippen LogP contribution < -0.4 is 21.9 Å². The molecule has 1 heterocycles. The summed E-state index contributed by atoms with van der Waals surface area (Å²) in [7, 11) is 1.39. The van der Waals surface area contributed by atoms with E-state index in [4.69, 9.17) is 10.5 Å². The predicted octanol–water partition coefficient (Wildman–Crippen LogP) is 1.35. The van der Waals surface area contributed by atoms with Crippen molar-refractivity contribution in [2.45, 2.75) is 13.1 Å². The monoisotopic (exact) mass is 394 g/mol. The second-order valence-electron chi connectivity index (χ2n) is 6.46. The molecule has 3 aromatic rings. The maximum Gasteiger partial charge on any atom is 0.330 e. The number of H-pyrrole nitrogens is 1. The lowest BCUT2D eigenvalue weighted by Crippen LogP contribution is -2.42. The number of benzene rings is 2. The number of aromatic amines is 1. The van der Waals surface area contributed by atoms with Crippen LogP contribution in [-0.2, 0) is 22.6 Å². The number of methoxy groups -OCH3 is 1. The van der Waals surface area contributed by atoms with Gasteiger partial charge >= 0.3 is 5.69 Å². The van der Waals surface area contributed by atoms with E-state index in [0.717, 1.165) is 11.1 Å². The summed E-state index contributed by atoms with van der Waals surface area (Å²) in [5.74, 6) is -0.526. The van der Waals surface area contributed by atoms with Gasteiger partial charge in [0.05, 0.1) is 13.1 Å². The molecular weight excluding hydrogens is 372 g/mol. The first-order chi connectivity index (χ1) is 14.0. The number of hydrogen-bond donors (Lipinski definition) is 2. The standard InChI is InChI=1S/C21H22N4O4/c1-29-14-17(26)24(12-15-8-4-2-5-9-15)18-19(22)25(21(28)23-20(18)27)13-16-10-6-3-7-11-16/h2-11H,12-14,22H2,1H3,(H,23,27,28). The predicted molar refractivity (Wildman–Crippen MR) is 111 cm³/mol. The zero-order chi connectivity index (χ0) is 20.8. The number of carbonyl (C=O) groups excluding carboxylic acids is 1. The number of aromatic nitrogens is 2. The largest absolute Gasteiger partial charge is 0.383 e. The van der Waals surface area contributed by atoms with Gasteiger partial charge < -0.3 is 10.5 Å². The molecule has 150 valence electrons. The molecule has 0 radical (unpaired) electrons. The van der Waals surface area contributed by atoms with Crippen LogP contribution >= 0.6 is 0 Å². The molecule has 0 spiro atoms. The molecule has 29 heavy (non-hydrogen) atoms. The minimum atomic E-state index is -0.725. The minimum absolute atomic E-state index is 0.0774. The first-order valence-electron chi connectivity index (χ1n) is 9.01. The number of hydrogen-bond acceptors (Lipinski definition) is 5. The number of anilines is 2. The molecule has 3 N–H and O–H groups in total. The van der Waals surface area contributed by atoms with Crippen LogP contribution in [0.2, 0.25) is 0 Å². The van der Waals surface area contributed by atoms with E-state index in [9.17, 15) is 14.4 Å². The summed E-state index contributed by atoms with van der Waals surface area (Å²) in [6.07, 6.45) is 0. The average molecular weight is 394 g/mol. The molecule has 0 saturated heterocycles. The van der Waals surface area contributed by atoms with E-state index in [0.29, 0.717) is 0 Å². The number of nitrogen functional groups attached to an aromatic ring is 1. The molecule has 0 fully saturated rings. The number of amides is 1. The fraction of sp³-hybridized carbons (Fsp3) is 0.190. The Bertz CT molecular complexity index is 1090. The number of nitrogens with zero attached hydrogens (tertiary/aromatic N) is 2. The van der Waals surface area contributed by atoms with Crippen molar-refractivity contribution in [2.75, 3.05) is 24.4 Å². The highest BCUT2D eigenvalue weighted by Gasteiger charge is 2.24. The highest BCUT2D eigenvalue weighted by atomic mass is 16.5. The Balaban J connectivity index is 2.09. The molecule has 1 amide bonds. The third kappa shape index (κ3) is 4.61. The van der Waals surface area contributed by atoms with Crippen molar-refractivity contribution < 1.29 is 9.53 Å². The quantitative estimate of drug-likeness (QED) is 0.628. The Kier molecular flexibility index (Phi) is 6.25. The first kappa shape index (κ1) is 20.1. The van der Waals surface area contributed by atoms with Gasteiger partial charge in [0, 0.05) is 7.11 Å². The van der Waals surface area contributed by atoms with Crippen LogP contribution in [0.5, 0.6) is 0 Å². The van der Waals surface area contributed by atoms with Crippen LogP contribution in [0.25, 0.3) is 0 Å². The summed E-state index contributed by atoms with van der Waals surface area (Å²) < 4.78 is 6.20. The SMILES string of the molecule is COCC(=O)N(Cc1ccccc1)c1c(N)n(Cc2ccccc2)c(=O)[nH]c1=O. The molecule has 0 saturated carbocycles. The second-order valence-corrected chi connectivity index (χ2v) is 6.46. The molecule has 1 aromatic heterocycles. The fourth-order valence-electron chi connectivity index (χ4n) is 3.02. The van der Waals surface area contributed by atoms with Crippen LogP contribution in [-0.4, -0.2) is 29.2 Å². The molecule has 3 rings (SSSR count). The van der Waals surface area contributed by atoms with Crippen LogP contribution in [0, 0.1) is 0 Å². The number of rotatable bonds is 7. The minimum Gasteiger partial charge on any atom is -0.383 e. The van der Waals surface area contributed by atoms with Crippen molar-refractivity contribution in [2.24, 2.45) is 0 Å². The lowest BCUT2D eigenvalue weighted by atomic mass is 10.2. The Hall–Kier alpha value is -3.65. The van der Waals surface area contributed by atoms with Gasteiger partial charge in [0.15, 0.2) is 5.69 Å². The van der Waals surface area contributed by atoms with E-state index in [1.165, 1.54) is 16.6 Å². The van der Waals surface area contributed by atoms with Gasteiger partial charge in [-0.2, -0.15) is 0 Å². The molecule has 0 aliphatic carbocycles. The number of nitrogens with two attached hydrogens (primary N) is 1. The highest BCUT2D eigenvalue weighted by Crippen LogP contribution is 2.20. The maximum absolute atomic E-state index is 12.7. The molecule has 8 heteroatoms. The van der Waals surface area contributed by atoms with E-state index in [1.807, 2.05) is 60.7 Å². The molecule has 0 atom stereocenters. The third-order valence-electron chi connectivity index (χ3n) is 4.42. The lowest BCUT2D eigenvalue weighted by Gasteiger charge is -2.24. The van der Waals surface area contributed by atoms with Gasteiger partial charge in [-0.3, -0.25) is 24.0 Å². The highest BCUT2D eigenvalue weighted by molar-refractivity contribution is 5.96. The van der Waals surface area contributed by atoms with Crippen molar-refractivity contribution in [1.82, 2.24) is 9.55 Å². The average Bonchev–Trinajstić information content (AvgIpc) is 2.72. The molecule has 0 aliphatic heterocycles. The van der Waals surface area contributed by atoms with E-state index >= 15 is 0 Å². The smallest absolute Gasteiger partial charge is 0.330 e. The van der Waals surface area contributed by atoms with Gasteiger partial charge in [0.1, 0.15) is 12.4 Å². The van der Waals surface area contributed by atoms with E-state index in [-0.39, 0.29) is 31.2 Å². The first-order valence-corrected chi connectivity index (χ1v) is 9.01. The van der Waals surface area contributed by atoms with Gasteiger partial charge in [-0.1, -0.05) is 60.7 Å². The fourth-order valence-corrected chi connectivity index (χ4v) is 3.02. The Labute approximate surface area is 167 Å². The molecular formula is C21H22N4O4. The summed E-state index contributed by atoms with van der Waals surface area (Å²) in [4.78, 5) is 41.2. The Morgan fingerprint density at radius 1 is 1.03 bits per heavy atom. The number of carbonyl (C=O) groups is 1. The molecule has 0 bridgehead atoms. The number of nitrogens with one attached hydrogen (secondary N) is 1. The lowest BCUT2D eigenvalue weighted by molar-refractivity contribution is -0.122. The van der Waals surface area contributed by atoms with Crippen LogP contribution in [0.4, 0.5) is 11.5 Å². The molecule has 0 aliphatic rings. The summed E-state index contributed by atoms with van der Waals surface area (Å²) in [6, 6.07) is 18.4. The molecule has 8 nitrogen and oxygen atoms in total. The van der Waals surface area contributed by atoms with Crippen molar-refractivity contribution in [1.29, 1.82) is 0 Å². The van der Waals surface area contributed by atoms with Gasteiger partial charge in [-0.05, 0) is 11.1 Å². The van der Waals surface area contributed by atoms with Crippen molar-refractivity contribution >= 4 is 17.4 Å². The second kappa shape index (κ2) is 9.03. The van der Waals surface area contributed by atoms with Crippen molar-refractivity contribution in [3.05, 3.63) is 92.6 Å². The Morgan fingerprint density at radius 3 is 2.21 bits per heavy atom. The van der Waals surface area contributed by atoms with Gasteiger partial charge in [0.25, 0.3) is 11.5 Å². The number of ether oxygens (including phenoxy) is 1. The maximum atomic E-state index is 12.7. The summed E-state index contributed by atoms with van der Waals surface area (Å²) >= 11 is 0. The van der Waals surface area contributed by atoms with Gasteiger partial charge in [0.2, 0.25) is 0 Å². The zero-order valence-electron chi connectivity index (χ0n) is 16.0. The Morgan fingerprint density at radius 2 is 1.62 bits per heavy atom. The van der Waals surface area contributed by atoms with Crippen molar-refractivity contribution in [3.63, 3.8) is 0 Å². The van der Waals surface area contributed by atoms with Crippen LogP contribution in [0.15, 0.2) is 70.3 Å². The van der Waals surface area contributed by atoms with Gasteiger partial charge in [-0.15, -0.1) is 0 Å². The third-order valence-corrected chi connectivity index (χ3v) is 4.42. The van der Waals surface area contributed by atoms with E-state index in [2.05, 4.69) is 4.98 Å². The van der Waals surface area contributed by atoms with Gasteiger partial charge in [-0.25, -0.2) is 4.79 Å². The summed E-state index contributed by atoms with van der Waals surface area (Å²) in [5, 5.41) is 0. The summed E-state index contributed by atoms with van der Waals surface area (Å²) in [6.45, 7) is 0.0380. The van der Waals surface area contributed by atoms with E-state index < -0.39 is 17.2 Å².